The number of methoxy groups -OCH3 is 1. The average Bonchev–Trinajstić information content (AvgIpc) is 2.28. The van der Waals surface area contributed by atoms with Crippen LogP contribution in [0.5, 0.6) is 0 Å². The summed E-state index contributed by atoms with van der Waals surface area (Å²) in [5.41, 5.74) is 6.58. The van der Waals surface area contributed by atoms with Crippen molar-refractivity contribution in [3.8, 4) is 0 Å². The van der Waals surface area contributed by atoms with E-state index in [4.69, 9.17) is 10.5 Å². The number of aromatic nitrogens is 2. The Morgan fingerprint density at radius 3 is 2.67 bits per heavy atom. The molecular formula is C12H22N4O2. The number of aliphatic hydroxyl groups is 1. The summed E-state index contributed by atoms with van der Waals surface area (Å²) in [4.78, 5) is 10.2. The summed E-state index contributed by atoms with van der Waals surface area (Å²) in [5.74, 6) is 1.25. The molecule has 0 aliphatic carbocycles. The lowest BCUT2D eigenvalue weighted by molar-refractivity contribution is 0.0694. The van der Waals surface area contributed by atoms with Crippen molar-refractivity contribution in [3.63, 3.8) is 0 Å². The summed E-state index contributed by atoms with van der Waals surface area (Å²) in [6.07, 6.45) is -0.557. The van der Waals surface area contributed by atoms with Crippen LogP contribution in [-0.4, -0.2) is 48.5 Å². The zero-order valence-corrected chi connectivity index (χ0v) is 11.4. The maximum absolute atomic E-state index is 9.69. The van der Waals surface area contributed by atoms with Gasteiger partial charge in [-0.3, -0.25) is 0 Å². The van der Waals surface area contributed by atoms with Crippen molar-refractivity contribution in [1.82, 2.24) is 9.97 Å². The quantitative estimate of drug-likeness (QED) is 0.774. The van der Waals surface area contributed by atoms with Crippen LogP contribution in [0.3, 0.4) is 0 Å². The van der Waals surface area contributed by atoms with E-state index in [1.807, 2.05) is 31.9 Å². The second kappa shape index (κ2) is 6.51. The minimum absolute atomic E-state index is 0.254. The predicted octanol–water partition coefficient (Wildman–Crippen LogP) is 0.626. The molecular weight excluding hydrogens is 232 g/mol. The van der Waals surface area contributed by atoms with Crippen LogP contribution in [0.4, 0.5) is 11.8 Å². The summed E-state index contributed by atoms with van der Waals surface area (Å²) in [6, 6.07) is 1.89. The lowest BCUT2D eigenvalue weighted by Gasteiger charge is -2.22. The molecule has 18 heavy (non-hydrogen) atoms. The molecule has 0 spiro atoms. The smallest absolute Gasteiger partial charge is 0.222 e. The molecule has 0 fully saturated rings. The van der Waals surface area contributed by atoms with Crippen LogP contribution < -0.4 is 10.6 Å². The largest absolute Gasteiger partial charge is 0.389 e. The van der Waals surface area contributed by atoms with Gasteiger partial charge in [-0.1, -0.05) is 13.8 Å². The van der Waals surface area contributed by atoms with Crippen LogP contribution in [-0.2, 0) is 4.74 Å². The Bertz CT molecular complexity index is 384. The molecule has 102 valence electrons. The number of likely N-dealkylation sites (N-methyl/N-ethyl adjacent to an activating group) is 1. The highest BCUT2D eigenvalue weighted by Gasteiger charge is 2.12. The third-order valence-corrected chi connectivity index (χ3v) is 2.58. The number of hydrogen-bond acceptors (Lipinski definition) is 6. The fourth-order valence-corrected chi connectivity index (χ4v) is 1.62. The number of nitrogens with two attached hydrogens (primary N) is 1. The molecule has 1 aromatic rings. The highest BCUT2D eigenvalue weighted by molar-refractivity contribution is 5.43. The zero-order chi connectivity index (χ0) is 13.7. The molecule has 0 saturated heterocycles. The third-order valence-electron chi connectivity index (χ3n) is 2.58. The van der Waals surface area contributed by atoms with Gasteiger partial charge in [-0.2, -0.15) is 4.98 Å². The van der Waals surface area contributed by atoms with E-state index >= 15 is 0 Å². The Kier molecular flexibility index (Phi) is 5.30. The SMILES string of the molecule is COC[C@@H](O)CN(C)c1cc(C(C)C)nc(N)n1. The Hall–Kier alpha value is -1.40. The molecule has 6 nitrogen and oxygen atoms in total. The van der Waals surface area contributed by atoms with Crippen molar-refractivity contribution in [1.29, 1.82) is 0 Å². The third kappa shape index (κ3) is 4.12. The lowest BCUT2D eigenvalue weighted by Crippen LogP contribution is -2.32. The molecule has 3 N–H and O–H groups in total. The molecule has 0 bridgehead atoms. The standard InChI is InChI=1S/C12H22N4O2/c1-8(2)10-5-11(15-12(13)14-10)16(3)6-9(17)7-18-4/h5,8-9,17H,6-7H2,1-4H3,(H2,13,14,15)/t9-/m0/s1. The summed E-state index contributed by atoms with van der Waals surface area (Å²) < 4.78 is 4.89. The minimum atomic E-state index is -0.557. The summed E-state index contributed by atoms with van der Waals surface area (Å²) in [6.45, 7) is 4.82. The van der Waals surface area contributed by atoms with Crippen molar-refractivity contribution in [3.05, 3.63) is 11.8 Å². The van der Waals surface area contributed by atoms with Gasteiger partial charge >= 0.3 is 0 Å². The molecule has 0 amide bonds. The van der Waals surface area contributed by atoms with E-state index in [0.29, 0.717) is 19.0 Å². The van der Waals surface area contributed by atoms with Crippen molar-refractivity contribution in [2.45, 2.75) is 25.9 Å². The Morgan fingerprint density at radius 1 is 1.44 bits per heavy atom. The first-order valence-corrected chi connectivity index (χ1v) is 5.96. The average molecular weight is 254 g/mol. The molecule has 0 saturated carbocycles. The number of nitrogen functional groups attached to an aromatic ring is 1. The second-order valence-electron chi connectivity index (χ2n) is 4.65. The molecule has 1 atom stereocenters. The minimum Gasteiger partial charge on any atom is -0.389 e. The fraction of sp³-hybridized carbons (Fsp3) is 0.667. The van der Waals surface area contributed by atoms with E-state index in [9.17, 15) is 5.11 Å². The zero-order valence-electron chi connectivity index (χ0n) is 11.4. The summed E-state index contributed by atoms with van der Waals surface area (Å²) >= 11 is 0. The Morgan fingerprint density at radius 2 is 2.11 bits per heavy atom. The molecule has 0 aliphatic heterocycles. The van der Waals surface area contributed by atoms with E-state index in [2.05, 4.69) is 9.97 Å². The first kappa shape index (κ1) is 14.7. The van der Waals surface area contributed by atoms with Gasteiger partial charge in [0.15, 0.2) is 0 Å². The number of hydrogen-bond donors (Lipinski definition) is 2. The van der Waals surface area contributed by atoms with Crippen LogP contribution in [0.25, 0.3) is 0 Å². The van der Waals surface area contributed by atoms with Crippen molar-refractivity contribution in [2.24, 2.45) is 0 Å². The van der Waals surface area contributed by atoms with Gasteiger partial charge < -0.3 is 20.5 Å². The predicted molar refractivity (Wildman–Crippen MR) is 71.7 cm³/mol. The summed E-state index contributed by atoms with van der Waals surface area (Å²) in [5, 5.41) is 9.69. The Labute approximate surface area is 108 Å². The first-order chi connectivity index (χ1) is 8.43. The maximum Gasteiger partial charge on any atom is 0.222 e. The normalized spacial score (nSPS) is 12.8. The van der Waals surface area contributed by atoms with Gasteiger partial charge in [0.2, 0.25) is 5.95 Å². The van der Waals surface area contributed by atoms with Gasteiger partial charge in [0.1, 0.15) is 5.82 Å². The highest BCUT2D eigenvalue weighted by Crippen LogP contribution is 2.18. The van der Waals surface area contributed by atoms with Crippen LogP contribution >= 0.6 is 0 Å². The van der Waals surface area contributed by atoms with Crippen molar-refractivity contribution in [2.75, 3.05) is 37.9 Å². The highest BCUT2D eigenvalue weighted by atomic mass is 16.5. The van der Waals surface area contributed by atoms with Gasteiger partial charge in [0, 0.05) is 26.8 Å². The van der Waals surface area contributed by atoms with E-state index in [1.165, 1.54) is 0 Å². The molecule has 0 aromatic carbocycles. The Balaban J connectivity index is 2.81. The van der Waals surface area contributed by atoms with Crippen LogP contribution in [0.15, 0.2) is 6.07 Å². The van der Waals surface area contributed by atoms with Gasteiger partial charge in [0.25, 0.3) is 0 Å². The first-order valence-electron chi connectivity index (χ1n) is 5.96. The van der Waals surface area contributed by atoms with E-state index < -0.39 is 6.10 Å². The van der Waals surface area contributed by atoms with Gasteiger partial charge in [-0.05, 0) is 5.92 Å². The number of anilines is 2. The number of nitrogens with zero attached hydrogens (tertiary/aromatic N) is 3. The lowest BCUT2D eigenvalue weighted by atomic mass is 10.1. The van der Waals surface area contributed by atoms with E-state index in [0.717, 1.165) is 5.69 Å². The number of aliphatic hydroxyl groups excluding tert-OH is 1. The molecule has 1 rings (SSSR count). The monoisotopic (exact) mass is 254 g/mol. The van der Waals surface area contributed by atoms with E-state index in [1.54, 1.807) is 7.11 Å². The molecule has 1 heterocycles. The topological polar surface area (TPSA) is 84.5 Å². The fourth-order valence-electron chi connectivity index (χ4n) is 1.62. The van der Waals surface area contributed by atoms with Gasteiger partial charge in [0.05, 0.1) is 18.4 Å². The molecule has 0 aliphatic rings. The van der Waals surface area contributed by atoms with Crippen LogP contribution in [0.2, 0.25) is 0 Å². The molecule has 1 aromatic heterocycles. The molecule has 6 heteroatoms. The van der Waals surface area contributed by atoms with Gasteiger partial charge in [-0.15, -0.1) is 0 Å². The number of ether oxygens (including phenoxy) is 1. The molecule has 0 radical (unpaired) electrons. The number of rotatable bonds is 6. The second-order valence-corrected chi connectivity index (χ2v) is 4.65. The van der Waals surface area contributed by atoms with Crippen molar-refractivity contribution < 1.29 is 9.84 Å². The van der Waals surface area contributed by atoms with Gasteiger partial charge in [-0.25, -0.2) is 4.98 Å². The molecule has 0 unspecified atom stereocenters. The van der Waals surface area contributed by atoms with Crippen molar-refractivity contribution >= 4 is 11.8 Å². The summed E-state index contributed by atoms with van der Waals surface area (Å²) in [7, 11) is 3.41. The maximum atomic E-state index is 9.69. The van der Waals surface area contributed by atoms with E-state index in [-0.39, 0.29) is 11.9 Å². The van der Waals surface area contributed by atoms with Crippen LogP contribution in [0, 0.1) is 0 Å². The van der Waals surface area contributed by atoms with Crippen LogP contribution in [0.1, 0.15) is 25.5 Å².